The van der Waals surface area contributed by atoms with E-state index in [2.05, 4.69) is 135 Å². The number of nitrogens with zero attached hydrogens (tertiary/aromatic N) is 1. The predicted octanol–water partition coefficient (Wildman–Crippen LogP) is 18.1. The molecular formula is C65H110NO8P. The number of likely N-dealkylation sites (N-methyl/N-ethyl adjacent to an activating group) is 1. The van der Waals surface area contributed by atoms with Gasteiger partial charge in [-0.1, -0.05) is 232 Å². The van der Waals surface area contributed by atoms with E-state index < -0.39 is 32.5 Å². The number of quaternary nitrogens is 1. The van der Waals surface area contributed by atoms with Crippen LogP contribution in [0.1, 0.15) is 226 Å². The van der Waals surface area contributed by atoms with Gasteiger partial charge in [-0.3, -0.25) is 14.2 Å². The van der Waals surface area contributed by atoms with E-state index in [0.29, 0.717) is 23.9 Å². The molecule has 428 valence electrons. The first-order chi connectivity index (χ1) is 36.5. The van der Waals surface area contributed by atoms with E-state index in [4.69, 9.17) is 18.5 Å². The zero-order valence-corrected chi connectivity index (χ0v) is 49.3. The van der Waals surface area contributed by atoms with Crippen molar-refractivity contribution in [2.75, 3.05) is 47.5 Å². The lowest BCUT2D eigenvalue weighted by Crippen LogP contribution is -2.37. The molecular weight excluding hydrogens is 954 g/mol. The number of hydrogen-bond acceptors (Lipinski definition) is 8. The Hall–Kier alpha value is -3.59. The number of rotatable bonds is 53. The Kier molecular flexibility index (Phi) is 52.5. The molecule has 0 fully saturated rings. The third-order valence-corrected chi connectivity index (χ3v) is 13.2. The van der Waals surface area contributed by atoms with Crippen LogP contribution >= 0.6 is 7.82 Å². The van der Waals surface area contributed by atoms with Gasteiger partial charge in [-0.25, -0.2) is 0 Å². The normalized spacial score (nSPS) is 14.2. The second kappa shape index (κ2) is 55.2. The SMILES string of the molecule is CC/C=C\C/C=C\C/C=C\C/C=C\C/C=C\C/C=C\C/C=C\C/C=C\CCCCCCCCCCCCCCC(=O)OC(COC(=O)CCCCCCC/C=C\C/C=C\CCCC)COP(=O)([O-])OCC[N+](C)(C)C. The second-order valence-electron chi connectivity index (χ2n) is 20.6. The Labute approximate surface area is 460 Å². The van der Waals surface area contributed by atoms with Gasteiger partial charge in [-0.15, -0.1) is 0 Å². The van der Waals surface area contributed by atoms with E-state index in [9.17, 15) is 19.0 Å². The van der Waals surface area contributed by atoms with Gasteiger partial charge in [0.1, 0.15) is 19.8 Å². The average molecular weight is 1060 g/mol. The number of hydrogen-bond donors (Lipinski definition) is 0. The van der Waals surface area contributed by atoms with Crippen molar-refractivity contribution in [1.29, 1.82) is 0 Å². The summed E-state index contributed by atoms with van der Waals surface area (Å²) in [6.07, 6.45) is 78.2. The molecule has 2 atom stereocenters. The first kappa shape index (κ1) is 71.4. The summed E-state index contributed by atoms with van der Waals surface area (Å²) >= 11 is 0. The largest absolute Gasteiger partial charge is 0.756 e. The smallest absolute Gasteiger partial charge is 0.306 e. The van der Waals surface area contributed by atoms with Crippen molar-refractivity contribution in [3.05, 3.63) is 122 Å². The molecule has 0 bridgehead atoms. The Morgan fingerprint density at radius 2 is 0.760 bits per heavy atom. The Morgan fingerprint density at radius 3 is 1.13 bits per heavy atom. The Bertz CT molecular complexity index is 1680. The van der Waals surface area contributed by atoms with Crippen LogP contribution in [0.3, 0.4) is 0 Å². The molecule has 0 amide bonds. The van der Waals surface area contributed by atoms with E-state index in [0.717, 1.165) is 122 Å². The monoisotopic (exact) mass is 1060 g/mol. The molecule has 0 saturated carbocycles. The zero-order valence-electron chi connectivity index (χ0n) is 48.4. The lowest BCUT2D eigenvalue weighted by atomic mass is 10.0. The van der Waals surface area contributed by atoms with Gasteiger partial charge in [0.25, 0.3) is 7.82 Å². The molecule has 2 unspecified atom stereocenters. The molecule has 0 heterocycles. The van der Waals surface area contributed by atoms with E-state index in [1.54, 1.807) is 0 Å². The van der Waals surface area contributed by atoms with Gasteiger partial charge in [0.15, 0.2) is 6.10 Å². The lowest BCUT2D eigenvalue weighted by Gasteiger charge is -2.28. The lowest BCUT2D eigenvalue weighted by molar-refractivity contribution is -0.870. The van der Waals surface area contributed by atoms with E-state index in [1.807, 2.05) is 21.1 Å². The fourth-order valence-electron chi connectivity index (χ4n) is 7.63. The van der Waals surface area contributed by atoms with Crippen LogP contribution in [0.25, 0.3) is 0 Å². The molecule has 0 spiro atoms. The van der Waals surface area contributed by atoms with Crippen LogP contribution in [0.4, 0.5) is 0 Å². The van der Waals surface area contributed by atoms with Crippen LogP contribution in [0.5, 0.6) is 0 Å². The number of phosphoric ester groups is 1. The zero-order chi connectivity index (χ0) is 54.9. The predicted molar refractivity (Wildman–Crippen MR) is 318 cm³/mol. The van der Waals surface area contributed by atoms with Crippen molar-refractivity contribution < 1.29 is 42.1 Å². The third kappa shape index (κ3) is 59.5. The highest BCUT2D eigenvalue weighted by atomic mass is 31.2. The Morgan fingerprint density at radius 1 is 0.427 bits per heavy atom. The van der Waals surface area contributed by atoms with Crippen molar-refractivity contribution in [3.8, 4) is 0 Å². The van der Waals surface area contributed by atoms with Crippen LogP contribution in [0.2, 0.25) is 0 Å². The maximum absolute atomic E-state index is 12.8. The minimum Gasteiger partial charge on any atom is -0.756 e. The summed E-state index contributed by atoms with van der Waals surface area (Å²) < 4.78 is 34.1. The van der Waals surface area contributed by atoms with Gasteiger partial charge in [0.05, 0.1) is 27.7 Å². The fraction of sp³-hybridized carbons (Fsp3) is 0.662. The first-order valence-corrected chi connectivity index (χ1v) is 31.2. The molecule has 0 N–H and O–H groups in total. The van der Waals surface area contributed by atoms with Crippen LogP contribution in [-0.2, 0) is 32.7 Å². The maximum atomic E-state index is 12.8. The summed E-state index contributed by atoms with van der Waals surface area (Å²) in [6.45, 7) is 4.05. The number of carbonyl (C=O) groups is 2. The van der Waals surface area contributed by atoms with Gasteiger partial charge in [-0.05, 0) is 103 Å². The van der Waals surface area contributed by atoms with Gasteiger partial charge in [0, 0.05) is 12.8 Å². The molecule has 0 aliphatic rings. The van der Waals surface area contributed by atoms with Crippen molar-refractivity contribution in [3.63, 3.8) is 0 Å². The number of esters is 2. The first-order valence-electron chi connectivity index (χ1n) is 29.7. The van der Waals surface area contributed by atoms with Gasteiger partial charge in [0.2, 0.25) is 0 Å². The number of phosphoric acid groups is 1. The quantitative estimate of drug-likeness (QED) is 0.0195. The number of unbranched alkanes of at least 4 members (excludes halogenated alkanes) is 19. The molecule has 75 heavy (non-hydrogen) atoms. The van der Waals surface area contributed by atoms with Gasteiger partial charge in [-0.2, -0.15) is 0 Å². The van der Waals surface area contributed by atoms with E-state index >= 15 is 0 Å². The summed E-state index contributed by atoms with van der Waals surface area (Å²) in [7, 11) is 1.14. The summed E-state index contributed by atoms with van der Waals surface area (Å²) in [5.41, 5.74) is 0. The molecule has 0 rings (SSSR count). The molecule has 0 aliphatic carbocycles. The highest BCUT2D eigenvalue weighted by molar-refractivity contribution is 7.45. The van der Waals surface area contributed by atoms with Crippen LogP contribution in [0, 0.1) is 0 Å². The molecule has 10 heteroatoms. The highest BCUT2D eigenvalue weighted by Crippen LogP contribution is 2.38. The van der Waals surface area contributed by atoms with Crippen LogP contribution in [-0.4, -0.2) is 70.0 Å². The molecule has 0 aromatic heterocycles. The minimum atomic E-state index is -4.64. The van der Waals surface area contributed by atoms with Crippen LogP contribution < -0.4 is 4.89 Å². The van der Waals surface area contributed by atoms with Gasteiger partial charge < -0.3 is 27.9 Å². The average Bonchev–Trinajstić information content (AvgIpc) is 3.37. The summed E-state index contributed by atoms with van der Waals surface area (Å²) in [6, 6.07) is 0. The number of carbonyl (C=O) groups excluding carboxylic acids is 2. The van der Waals surface area contributed by atoms with Gasteiger partial charge >= 0.3 is 11.9 Å². The maximum Gasteiger partial charge on any atom is 0.306 e. The second-order valence-corrected chi connectivity index (χ2v) is 22.0. The number of allylic oxidation sites excluding steroid dienone is 20. The third-order valence-electron chi connectivity index (χ3n) is 12.2. The van der Waals surface area contributed by atoms with E-state index in [-0.39, 0.29) is 26.1 Å². The molecule has 9 nitrogen and oxygen atoms in total. The Balaban J connectivity index is 4.09. The topological polar surface area (TPSA) is 111 Å². The van der Waals surface area contributed by atoms with Crippen molar-refractivity contribution >= 4 is 19.8 Å². The standard InChI is InChI=1S/C65H110NO8P/c1-6-8-10-12-14-16-18-20-22-23-24-25-26-27-28-29-30-31-32-33-34-35-36-37-38-39-40-41-42-43-44-46-48-50-52-54-56-58-65(68)74-63(62-73-75(69,70)72-60-59-66(3,4)5)61-71-64(67)57-55-53-51-49-47-45-21-19-17-15-13-11-9-7-2/h8,10,13-16,19-22,24-25,27-28,30-31,33-34,36-37,63H,6-7,9,11-12,17-18,23,26,29,32,35,38-62H2,1-5H3/b10-8-,15-13-,16-14-,21-19-,22-20-,25-24-,28-27-,31-30-,34-33-,37-36-. The van der Waals surface area contributed by atoms with Crippen molar-refractivity contribution in [2.45, 2.75) is 232 Å². The minimum absolute atomic E-state index is 0.0387. The molecule has 0 saturated heterocycles. The van der Waals surface area contributed by atoms with Crippen molar-refractivity contribution in [2.24, 2.45) is 0 Å². The van der Waals surface area contributed by atoms with Crippen LogP contribution in [0.15, 0.2) is 122 Å². The number of ether oxygens (including phenoxy) is 2. The summed E-state index contributed by atoms with van der Waals surface area (Å²) in [5.74, 6) is -0.858. The summed E-state index contributed by atoms with van der Waals surface area (Å²) in [4.78, 5) is 37.8. The van der Waals surface area contributed by atoms with E-state index in [1.165, 1.54) is 64.2 Å². The molecule has 0 aromatic rings. The molecule has 0 aliphatic heterocycles. The molecule has 0 aromatic carbocycles. The molecule has 0 radical (unpaired) electrons. The van der Waals surface area contributed by atoms with Crippen molar-refractivity contribution in [1.82, 2.24) is 0 Å². The summed E-state index contributed by atoms with van der Waals surface area (Å²) in [5, 5.41) is 0. The highest BCUT2D eigenvalue weighted by Gasteiger charge is 2.21. The fourth-order valence-corrected chi connectivity index (χ4v) is 8.36.